The second kappa shape index (κ2) is 8.65. The molecule has 1 heterocycles. The van der Waals surface area contributed by atoms with Crippen LogP contribution < -0.4 is 4.74 Å². The molecular formula is C21H20F6O2. The van der Waals surface area contributed by atoms with E-state index < -0.39 is 29.6 Å². The number of ether oxygens (including phenoxy) is 2. The van der Waals surface area contributed by atoms with Crippen molar-refractivity contribution in [1.29, 1.82) is 0 Å². The molecule has 2 aromatic rings. The first-order valence-corrected chi connectivity index (χ1v) is 9.34. The average molecular weight is 418 g/mol. The molecule has 0 spiro atoms. The van der Waals surface area contributed by atoms with Gasteiger partial charge in [-0.2, -0.15) is 0 Å². The summed E-state index contributed by atoms with van der Waals surface area (Å²) in [5, 5.41) is 0. The fourth-order valence-electron chi connectivity index (χ4n) is 3.60. The predicted octanol–water partition coefficient (Wildman–Crippen LogP) is 6.94. The fraction of sp³-hybridized carbons (Fsp3) is 0.429. The van der Waals surface area contributed by atoms with Crippen LogP contribution in [0.5, 0.6) is 5.75 Å². The molecule has 1 fully saturated rings. The Morgan fingerprint density at radius 3 is 2.21 bits per heavy atom. The van der Waals surface area contributed by atoms with E-state index in [0.29, 0.717) is 30.2 Å². The van der Waals surface area contributed by atoms with Gasteiger partial charge in [0.15, 0.2) is 11.6 Å². The summed E-state index contributed by atoms with van der Waals surface area (Å²) in [5.41, 5.74) is 0.245. The van der Waals surface area contributed by atoms with Gasteiger partial charge in [-0.05, 0) is 54.5 Å². The minimum atomic E-state index is -5.24. The zero-order chi connectivity index (χ0) is 21.2. The molecule has 0 aliphatic carbocycles. The topological polar surface area (TPSA) is 18.5 Å². The van der Waals surface area contributed by atoms with Crippen LogP contribution in [0, 0.1) is 23.4 Å². The summed E-state index contributed by atoms with van der Waals surface area (Å²) in [4.78, 5) is 0. The molecule has 0 radical (unpaired) electrons. The molecule has 0 N–H and O–H groups in total. The summed E-state index contributed by atoms with van der Waals surface area (Å²) >= 11 is 0. The zero-order valence-corrected chi connectivity index (χ0v) is 15.7. The molecule has 1 aliphatic rings. The third kappa shape index (κ3) is 5.23. The maximum Gasteiger partial charge on any atom is 0.573 e. The lowest BCUT2D eigenvalue weighted by atomic mass is 9.91. The van der Waals surface area contributed by atoms with Crippen molar-refractivity contribution in [3.63, 3.8) is 0 Å². The second-order valence-corrected chi connectivity index (χ2v) is 7.11. The van der Waals surface area contributed by atoms with Crippen LogP contribution in [0.3, 0.4) is 0 Å². The van der Waals surface area contributed by atoms with Gasteiger partial charge >= 0.3 is 6.36 Å². The van der Waals surface area contributed by atoms with Crippen molar-refractivity contribution >= 4 is 0 Å². The van der Waals surface area contributed by atoms with E-state index in [4.69, 9.17) is 4.74 Å². The Morgan fingerprint density at radius 2 is 1.69 bits per heavy atom. The number of benzene rings is 2. The van der Waals surface area contributed by atoms with Gasteiger partial charge in [-0.15, -0.1) is 13.2 Å². The van der Waals surface area contributed by atoms with Crippen LogP contribution in [-0.2, 0) is 4.74 Å². The van der Waals surface area contributed by atoms with Gasteiger partial charge in [-0.3, -0.25) is 0 Å². The molecule has 2 atom stereocenters. The highest BCUT2D eigenvalue weighted by Crippen LogP contribution is 2.36. The normalized spacial score (nSPS) is 20.0. The molecule has 1 aliphatic heterocycles. The van der Waals surface area contributed by atoms with Gasteiger partial charge in [-0.1, -0.05) is 25.5 Å². The summed E-state index contributed by atoms with van der Waals surface area (Å²) in [6.07, 6.45) is -1.64. The van der Waals surface area contributed by atoms with E-state index in [2.05, 4.69) is 11.7 Å². The molecule has 0 bridgehead atoms. The molecule has 0 aromatic heterocycles. The lowest BCUT2D eigenvalue weighted by molar-refractivity contribution is -0.276. The minimum absolute atomic E-state index is 0.134. The van der Waals surface area contributed by atoms with Crippen LogP contribution in [-0.4, -0.2) is 13.0 Å². The number of hydrogen-bond donors (Lipinski definition) is 0. The minimum Gasteiger partial charge on any atom is -0.399 e. The van der Waals surface area contributed by atoms with Gasteiger partial charge in [0.2, 0.25) is 5.75 Å². The Labute approximate surface area is 164 Å². The SMILES string of the molecule is CCCC1CCC(c2ccc(-c3cc(F)c(OC(F)(F)F)c(F)c3)c(F)c2)OC1. The molecule has 2 unspecified atom stereocenters. The van der Waals surface area contributed by atoms with E-state index in [1.807, 2.05) is 0 Å². The number of hydrogen-bond acceptors (Lipinski definition) is 2. The Balaban J connectivity index is 1.80. The van der Waals surface area contributed by atoms with Gasteiger partial charge in [0.1, 0.15) is 5.82 Å². The smallest absolute Gasteiger partial charge is 0.399 e. The van der Waals surface area contributed by atoms with E-state index in [1.165, 1.54) is 12.1 Å². The molecule has 158 valence electrons. The molecule has 0 amide bonds. The van der Waals surface area contributed by atoms with Crippen molar-refractivity contribution in [2.24, 2.45) is 5.92 Å². The highest BCUT2D eigenvalue weighted by molar-refractivity contribution is 5.66. The van der Waals surface area contributed by atoms with Crippen LogP contribution in [0.1, 0.15) is 44.3 Å². The lowest BCUT2D eigenvalue weighted by Gasteiger charge is -2.29. The molecule has 8 heteroatoms. The maximum absolute atomic E-state index is 14.6. The van der Waals surface area contributed by atoms with Crippen LogP contribution in [0.25, 0.3) is 11.1 Å². The van der Waals surface area contributed by atoms with Crippen LogP contribution in [0.2, 0.25) is 0 Å². The third-order valence-electron chi connectivity index (χ3n) is 4.96. The quantitative estimate of drug-likeness (QED) is 0.490. The maximum atomic E-state index is 14.6. The number of alkyl halides is 3. The zero-order valence-electron chi connectivity index (χ0n) is 15.7. The monoisotopic (exact) mass is 418 g/mol. The molecule has 0 saturated carbocycles. The van der Waals surface area contributed by atoms with E-state index in [0.717, 1.165) is 25.7 Å². The highest BCUT2D eigenvalue weighted by atomic mass is 19.4. The Morgan fingerprint density at radius 1 is 1.00 bits per heavy atom. The van der Waals surface area contributed by atoms with Crippen LogP contribution >= 0.6 is 0 Å². The standard InChI is InChI=1S/C21H20F6O2/c1-2-3-12-4-7-19(28-11-12)13-5-6-15(16(22)8-13)14-9-17(23)20(18(24)10-14)29-21(25,26)27/h5-6,8-10,12,19H,2-4,7,11H2,1H3. The molecule has 3 rings (SSSR count). The van der Waals surface area contributed by atoms with Gasteiger partial charge in [0.25, 0.3) is 0 Å². The van der Waals surface area contributed by atoms with Crippen LogP contribution in [0.15, 0.2) is 30.3 Å². The first-order chi connectivity index (χ1) is 13.7. The summed E-state index contributed by atoms with van der Waals surface area (Å²) in [6, 6.07) is 5.38. The molecule has 2 aromatic carbocycles. The van der Waals surface area contributed by atoms with Crippen LogP contribution in [0.4, 0.5) is 26.3 Å². The lowest BCUT2D eigenvalue weighted by Crippen LogP contribution is -2.20. The van der Waals surface area contributed by atoms with Crippen molar-refractivity contribution in [3.05, 3.63) is 53.3 Å². The predicted molar refractivity (Wildman–Crippen MR) is 94.8 cm³/mol. The van der Waals surface area contributed by atoms with Crippen molar-refractivity contribution in [2.75, 3.05) is 6.61 Å². The number of halogens is 6. The number of rotatable bonds is 5. The summed E-state index contributed by atoms with van der Waals surface area (Å²) < 4.78 is 88.4. The Kier molecular flexibility index (Phi) is 6.41. The first kappa shape index (κ1) is 21.5. The summed E-state index contributed by atoms with van der Waals surface area (Å²) in [5.74, 6) is -4.97. The average Bonchev–Trinajstić information content (AvgIpc) is 2.64. The van der Waals surface area contributed by atoms with Crippen molar-refractivity contribution in [1.82, 2.24) is 0 Å². The Bertz CT molecular complexity index is 834. The van der Waals surface area contributed by atoms with Gasteiger partial charge in [0.05, 0.1) is 12.7 Å². The van der Waals surface area contributed by atoms with Crippen molar-refractivity contribution in [3.8, 4) is 16.9 Å². The summed E-state index contributed by atoms with van der Waals surface area (Å²) in [6.45, 7) is 2.70. The van der Waals surface area contributed by atoms with Gasteiger partial charge in [0, 0.05) is 5.56 Å². The highest BCUT2D eigenvalue weighted by Gasteiger charge is 2.34. The molecule has 1 saturated heterocycles. The van der Waals surface area contributed by atoms with E-state index in [-0.39, 0.29) is 17.2 Å². The summed E-state index contributed by atoms with van der Waals surface area (Å²) in [7, 11) is 0. The van der Waals surface area contributed by atoms with Gasteiger partial charge in [-0.25, -0.2) is 13.2 Å². The van der Waals surface area contributed by atoms with Crippen molar-refractivity contribution < 1.29 is 35.8 Å². The molecule has 29 heavy (non-hydrogen) atoms. The Hall–Kier alpha value is -2.22. The van der Waals surface area contributed by atoms with Gasteiger partial charge < -0.3 is 9.47 Å². The third-order valence-corrected chi connectivity index (χ3v) is 4.96. The van der Waals surface area contributed by atoms with E-state index in [1.54, 1.807) is 6.07 Å². The molecular weight excluding hydrogens is 398 g/mol. The molecule has 2 nitrogen and oxygen atoms in total. The van der Waals surface area contributed by atoms with Crippen molar-refractivity contribution in [2.45, 2.75) is 45.1 Å². The first-order valence-electron chi connectivity index (χ1n) is 9.34. The van der Waals surface area contributed by atoms with E-state index in [9.17, 15) is 26.3 Å². The van der Waals surface area contributed by atoms with E-state index >= 15 is 0 Å². The second-order valence-electron chi connectivity index (χ2n) is 7.11. The largest absolute Gasteiger partial charge is 0.573 e. The fourth-order valence-corrected chi connectivity index (χ4v) is 3.60.